The van der Waals surface area contributed by atoms with Gasteiger partial charge >= 0.3 is 0 Å². The van der Waals surface area contributed by atoms with E-state index in [-0.39, 0.29) is 6.04 Å². The maximum Gasteiger partial charge on any atom is 0.144 e. The van der Waals surface area contributed by atoms with Crippen LogP contribution in [0.3, 0.4) is 0 Å². The lowest BCUT2D eigenvalue weighted by Crippen LogP contribution is -2.13. The fourth-order valence-corrected chi connectivity index (χ4v) is 4.69. The second-order valence-electron chi connectivity index (χ2n) is 6.25. The van der Waals surface area contributed by atoms with Gasteiger partial charge in [0.25, 0.3) is 0 Å². The van der Waals surface area contributed by atoms with Gasteiger partial charge in [0.2, 0.25) is 0 Å². The van der Waals surface area contributed by atoms with Crippen molar-refractivity contribution in [3.05, 3.63) is 64.5 Å². The van der Waals surface area contributed by atoms with Crippen molar-refractivity contribution in [3.63, 3.8) is 0 Å². The van der Waals surface area contributed by atoms with Crippen LogP contribution < -0.4 is 10.5 Å². The van der Waals surface area contributed by atoms with Crippen LogP contribution in [0.4, 0.5) is 0 Å². The highest BCUT2D eigenvalue weighted by Gasteiger charge is 2.17. The molecule has 1 unspecified atom stereocenters. The minimum Gasteiger partial charge on any atom is -0.497 e. The van der Waals surface area contributed by atoms with E-state index in [9.17, 15) is 0 Å². The second kappa shape index (κ2) is 8.14. The molecule has 0 radical (unpaired) electrons. The number of hydrogen-bond acceptors (Lipinski definition) is 8. The van der Waals surface area contributed by atoms with Crippen molar-refractivity contribution in [2.24, 2.45) is 5.73 Å². The smallest absolute Gasteiger partial charge is 0.144 e. The van der Waals surface area contributed by atoms with Crippen LogP contribution in [-0.4, -0.2) is 27.0 Å². The summed E-state index contributed by atoms with van der Waals surface area (Å²) >= 11 is 3.16. The van der Waals surface area contributed by atoms with E-state index in [4.69, 9.17) is 15.5 Å². The zero-order valence-electron chi connectivity index (χ0n) is 15.5. The second-order valence-corrected chi connectivity index (χ2v) is 8.14. The Balaban J connectivity index is 1.53. The Kier molecular flexibility index (Phi) is 5.43. The molecule has 1 atom stereocenters. The average Bonchev–Trinajstić information content (AvgIpc) is 3.36. The number of thiazole rings is 2. The molecule has 6 nitrogen and oxygen atoms in total. The Morgan fingerprint density at radius 2 is 1.93 bits per heavy atom. The summed E-state index contributed by atoms with van der Waals surface area (Å²) in [6.45, 7) is 1.99. The van der Waals surface area contributed by atoms with Gasteiger partial charge < -0.3 is 10.5 Å². The molecule has 0 aliphatic carbocycles. The number of rotatable bonds is 6. The molecule has 0 bridgehead atoms. The van der Waals surface area contributed by atoms with Crippen molar-refractivity contribution < 1.29 is 4.74 Å². The number of nitrogens with zero attached hydrogens (tertiary/aromatic N) is 4. The summed E-state index contributed by atoms with van der Waals surface area (Å²) < 4.78 is 5.20. The SMILES string of the molecule is COc1ccc(CC(N)c2nc(-c3sc(-c4cnccn4)nc3C)cs2)cc1. The topological polar surface area (TPSA) is 86.8 Å². The lowest BCUT2D eigenvalue weighted by molar-refractivity contribution is 0.414. The van der Waals surface area contributed by atoms with E-state index >= 15 is 0 Å². The Morgan fingerprint density at radius 3 is 2.64 bits per heavy atom. The number of nitrogens with two attached hydrogens (primary N) is 1. The molecule has 142 valence electrons. The highest BCUT2D eigenvalue weighted by molar-refractivity contribution is 7.18. The summed E-state index contributed by atoms with van der Waals surface area (Å²) in [5.41, 5.74) is 10.2. The number of hydrogen-bond donors (Lipinski definition) is 1. The molecule has 0 amide bonds. The van der Waals surface area contributed by atoms with Crippen LogP contribution in [0.25, 0.3) is 21.3 Å². The molecule has 1 aromatic carbocycles. The molecular weight excluding hydrogens is 390 g/mol. The van der Waals surface area contributed by atoms with Gasteiger partial charge in [-0.3, -0.25) is 9.97 Å². The molecular formula is C20H19N5OS2. The van der Waals surface area contributed by atoms with Gasteiger partial charge in [-0.2, -0.15) is 0 Å². The van der Waals surface area contributed by atoms with Crippen LogP contribution in [0.5, 0.6) is 5.75 Å². The van der Waals surface area contributed by atoms with E-state index in [0.29, 0.717) is 0 Å². The van der Waals surface area contributed by atoms with Crippen LogP contribution in [0.15, 0.2) is 48.2 Å². The van der Waals surface area contributed by atoms with E-state index in [1.165, 1.54) is 0 Å². The minimum absolute atomic E-state index is 0.153. The van der Waals surface area contributed by atoms with Gasteiger partial charge in [0.1, 0.15) is 21.5 Å². The Morgan fingerprint density at radius 1 is 1.11 bits per heavy atom. The molecule has 28 heavy (non-hydrogen) atoms. The number of methoxy groups -OCH3 is 1. The van der Waals surface area contributed by atoms with Crippen LogP contribution in [0, 0.1) is 6.92 Å². The third-order valence-electron chi connectivity index (χ3n) is 4.27. The largest absolute Gasteiger partial charge is 0.497 e. The predicted octanol–water partition coefficient (Wildman–Crippen LogP) is 4.28. The van der Waals surface area contributed by atoms with Gasteiger partial charge in [0, 0.05) is 17.8 Å². The van der Waals surface area contributed by atoms with E-state index in [1.807, 2.05) is 36.6 Å². The fraction of sp³-hybridized carbons (Fsp3) is 0.200. The monoisotopic (exact) mass is 409 g/mol. The lowest BCUT2D eigenvalue weighted by Gasteiger charge is -2.09. The highest BCUT2D eigenvalue weighted by atomic mass is 32.1. The summed E-state index contributed by atoms with van der Waals surface area (Å²) in [5.74, 6) is 0.841. The van der Waals surface area contributed by atoms with Crippen molar-refractivity contribution in [1.29, 1.82) is 0 Å². The highest BCUT2D eigenvalue weighted by Crippen LogP contribution is 2.35. The molecule has 2 N–H and O–H groups in total. The van der Waals surface area contributed by atoms with E-state index < -0.39 is 0 Å². The van der Waals surface area contributed by atoms with Crippen molar-refractivity contribution in [2.45, 2.75) is 19.4 Å². The summed E-state index contributed by atoms with van der Waals surface area (Å²) in [7, 11) is 1.66. The third kappa shape index (κ3) is 3.94. The zero-order chi connectivity index (χ0) is 19.5. The molecule has 0 saturated heterocycles. The standard InChI is InChI=1S/C20H19N5OS2/c1-12-18(28-20(24-12)16-10-22-7-8-23-16)17-11-27-19(25-17)15(21)9-13-3-5-14(26-2)6-4-13/h3-8,10-11,15H,9,21H2,1-2H3. The quantitative estimate of drug-likeness (QED) is 0.511. The lowest BCUT2D eigenvalue weighted by atomic mass is 10.1. The van der Waals surface area contributed by atoms with Crippen LogP contribution in [0.1, 0.15) is 22.3 Å². The summed E-state index contributed by atoms with van der Waals surface area (Å²) in [6.07, 6.45) is 5.77. The average molecular weight is 410 g/mol. The first-order valence-electron chi connectivity index (χ1n) is 8.72. The molecule has 3 aromatic heterocycles. The first-order chi connectivity index (χ1) is 13.6. The first-order valence-corrected chi connectivity index (χ1v) is 10.4. The molecule has 3 heterocycles. The zero-order valence-corrected chi connectivity index (χ0v) is 17.1. The normalized spacial score (nSPS) is 12.1. The van der Waals surface area contributed by atoms with Crippen LogP contribution in [-0.2, 0) is 6.42 Å². The van der Waals surface area contributed by atoms with E-state index in [1.54, 1.807) is 48.4 Å². The van der Waals surface area contributed by atoms with Gasteiger partial charge in [-0.1, -0.05) is 12.1 Å². The van der Waals surface area contributed by atoms with Crippen LogP contribution >= 0.6 is 22.7 Å². The van der Waals surface area contributed by atoms with Gasteiger partial charge in [0.05, 0.1) is 35.6 Å². The fourth-order valence-electron chi connectivity index (χ4n) is 2.82. The summed E-state index contributed by atoms with van der Waals surface area (Å²) in [5, 5.41) is 3.81. The third-order valence-corrected chi connectivity index (χ3v) is 6.44. The minimum atomic E-state index is -0.153. The van der Waals surface area contributed by atoms with Gasteiger partial charge in [-0.15, -0.1) is 22.7 Å². The number of ether oxygens (including phenoxy) is 1. The molecule has 8 heteroatoms. The van der Waals surface area contributed by atoms with Crippen molar-refractivity contribution >= 4 is 22.7 Å². The van der Waals surface area contributed by atoms with Crippen molar-refractivity contribution in [3.8, 4) is 27.0 Å². The summed E-state index contributed by atoms with van der Waals surface area (Å²) in [4.78, 5) is 18.9. The first kappa shape index (κ1) is 18.7. The van der Waals surface area contributed by atoms with Crippen molar-refractivity contribution in [1.82, 2.24) is 19.9 Å². The maximum atomic E-state index is 6.41. The molecule has 0 fully saturated rings. The Hall–Kier alpha value is -2.68. The molecule has 4 aromatic rings. The van der Waals surface area contributed by atoms with E-state index in [2.05, 4.69) is 15.0 Å². The summed E-state index contributed by atoms with van der Waals surface area (Å²) in [6, 6.07) is 7.81. The van der Waals surface area contributed by atoms with Crippen LogP contribution in [0.2, 0.25) is 0 Å². The maximum absolute atomic E-state index is 6.41. The van der Waals surface area contributed by atoms with E-state index in [0.717, 1.165) is 49.7 Å². The Bertz CT molecular complexity index is 1060. The molecule has 0 aliphatic heterocycles. The van der Waals surface area contributed by atoms with Gasteiger partial charge in [0.15, 0.2) is 0 Å². The number of aryl methyl sites for hydroxylation is 1. The Labute approximate surface area is 171 Å². The van der Waals surface area contributed by atoms with Crippen molar-refractivity contribution in [2.75, 3.05) is 7.11 Å². The van der Waals surface area contributed by atoms with Gasteiger partial charge in [-0.05, 0) is 31.0 Å². The number of aromatic nitrogens is 4. The van der Waals surface area contributed by atoms with Gasteiger partial charge in [-0.25, -0.2) is 9.97 Å². The molecule has 4 rings (SSSR count). The predicted molar refractivity (Wildman–Crippen MR) is 113 cm³/mol. The molecule has 0 spiro atoms. The molecule has 0 saturated carbocycles. The molecule has 0 aliphatic rings. The number of benzene rings is 1.